The second kappa shape index (κ2) is 7.98. The van der Waals surface area contributed by atoms with Crippen molar-refractivity contribution in [3.63, 3.8) is 0 Å². The minimum absolute atomic E-state index is 0.315. The Labute approximate surface area is 160 Å². The zero-order chi connectivity index (χ0) is 19.4. The molecule has 27 heavy (non-hydrogen) atoms. The smallest absolute Gasteiger partial charge is 0.338 e. The van der Waals surface area contributed by atoms with E-state index in [2.05, 4.69) is 4.99 Å². The maximum atomic E-state index is 12.5. The summed E-state index contributed by atoms with van der Waals surface area (Å²) in [5.41, 5.74) is 2.28. The topological polar surface area (TPSA) is 84.4 Å². The standard InChI is InChI=1S/C20H17N3O3S/c1-3-23-16-10-9-15(19(25)26-4-2)11-17(16)27-20(23)22-18(24)14-7-5-13(12-21)6-8-14/h5-11H,3-4H2,1-2H3. The number of nitriles is 1. The van der Waals surface area contributed by atoms with E-state index in [1.165, 1.54) is 11.3 Å². The van der Waals surface area contributed by atoms with Gasteiger partial charge in [-0.15, -0.1) is 0 Å². The van der Waals surface area contributed by atoms with Crippen LogP contribution in [0.2, 0.25) is 0 Å². The van der Waals surface area contributed by atoms with E-state index >= 15 is 0 Å². The second-order valence-electron chi connectivity index (χ2n) is 5.64. The van der Waals surface area contributed by atoms with Crippen molar-refractivity contribution in [1.29, 1.82) is 5.26 Å². The largest absolute Gasteiger partial charge is 0.462 e. The van der Waals surface area contributed by atoms with E-state index in [0.717, 1.165) is 10.2 Å². The van der Waals surface area contributed by atoms with Gasteiger partial charge in [0.05, 0.1) is 34.0 Å². The average Bonchev–Trinajstić information content (AvgIpc) is 3.04. The van der Waals surface area contributed by atoms with Gasteiger partial charge >= 0.3 is 5.97 Å². The van der Waals surface area contributed by atoms with E-state index in [4.69, 9.17) is 10.00 Å². The molecular weight excluding hydrogens is 362 g/mol. The number of rotatable bonds is 4. The number of benzene rings is 2. The summed E-state index contributed by atoms with van der Waals surface area (Å²) in [4.78, 5) is 29.2. The molecule has 1 heterocycles. The van der Waals surface area contributed by atoms with Crippen molar-refractivity contribution in [1.82, 2.24) is 4.57 Å². The molecule has 1 amide bonds. The zero-order valence-corrected chi connectivity index (χ0v) is 15.7. The quantitative estimate of drug-likeness (QED) is 0.649. The summed E-state index contributed by atoms with van der Waals surface area (Å²) in [6, 6.07) is 13.7. The Morgan fingerprint density at radius 2 is 1.85 bits per heavy atom. The van der Waals surface area contributed by atoms with Crippen LogP contribution >= 0.6 is 11.3 Å². The third-order valence-corrected chi connectivity index (χ3v) is 5.01. The number of thiazole rings is 1. The number of nitrogens with zero attached hydrogens (tertiary/aromatic N) is 3. The molecule has 7 heteroatoms. The van der Waals surface area contributed by atoms with Gasteiger partial charge in [-0.25, -0.2) is 4.79 Å². The summed E-state index contributed by atoms with van der Waals surface area (Å²) in [5.74, 6) is -0.748. The molecule has 2 aromatic carbocycles. The fourth-order valence-corrected chi connectivity index (χ4v) is 3.78. The van der Waals surface area contributed by atoms with E-state index < -0.39 is 0 Å². The van der Waals surface area contributed by atoms with Crippen molar-refractivity contribution < 1.29 is 14.3 Å². The van der Waals surface area contributed by atoms with Crippen LogP contribution in [-0.4, -0.2) is 23.1 Å². The molecule has 0 unspecified atom stereocenters. The third-order valence-electron chi connectivity index (χ3n) is 3.97. The fourth-order valence-electron chi connectivity index (χ4n) is 2.64. The van der Waals surface area contributed by atoms with Crippen LogP contribution in [0.4, 0.5) is 0 Å². The number of aryl methyl sites for hydroxylation is 1. The molecule has 3 rings (SSSR count). The monoisotopic (exact) mass is 379 g/mol. The number of amides is 1. The van der Waals surface area contributed by atoms with Gasteiger partial charge in [0.2, 0.25) is 0 Å². The normalized spacial score (nSPS) is 11.4. The van der Waals surface area contributed by atoms with Crippen LogP contribution in [0.5, 0.6) is 0 Å². The van der Waals surface area contributed by atoms with Gasteiger partial charge in [-0.3, -0.25) is 4.79 Å². The number of hydrogen-bond acceptors (Lipinski definition) is 5. The van der Waals surface area contributed by atoms with Gasteiger partial charge in [0.25, 0.3) is 5.91 Å². The van der Waals surface area contributed by atoms with Crippen LogP contribution in [0.3, 0.4) is 0 Å². The van der Waals surface area contributed by atoms with Gasteiger partial charge in [-0.05, 0) is 56.3 Å². The van der Waals surface area contributed by atoms with Crippen LogP contribution in [0.25, 0.3) is 10.2 Å². The Hall–Kier alpha value is -3.24. The van der Waals surface area contributed by atoms with Gasteiger partial charge in [-0.1, -0.05) is 11.3 Å². The van der Waals surface area contributed by atoms with Crippen molar-refractivity contribution in [2.75, 3.05) is 6.61 Å². The molecule has 0 aliphatic rings. The van der Waals surface area contributed by atoms with E-state index in [-0.39, 0.29) is 11.9 Å². The van der Waals surface area contributed by atoms with Gasteiger partial charge in [0.15, 0.2) is 4.80 Å². The predicted octanol–water partition coefficient (Wildman–Crippen LogP) is 3.51. The first-order chi connectivity index (χ1) is 13.1. The molecule has 0 saturated carbocycles. The molecule has 1 aromatic heterocycles. The van der Waals surface area contributed by atoms with E-state index in [9.17, 15) is 9.59 Å². The number of fused-ring (bicyclic) bond motifs is 1. The highest BCUT2D eigenvalue weighted by Gasteiger charge is 2.12. The first-order valence-corrected chi connectivity index (χ1v) is 9.28. The van der Waals surface area contributed by atoms with Crippen molar-refractivity contribution in [2.45, 2.75) is 20.4 Å². The molecule has 0 atom stereocenters. The van der Waals surface area contributed by atoms with Crippen LogP contribution in [-0.2, 0) is 11.3 Å². The Kier molecular flexibility index (Phi) is 5.48. The fraction of sp³-hybridized carbons (Fsp3) is 0.200. The summed E-state index contributed by atoms with van der Waals surface area (Å²) >= 11 is 1.34. The highest BCUT2D eigenvalue weighted by molar-refractivity contribution is 7.16. The van der Waals surface area contributed by atoms with Crippen molar-refractivity contribution in [3.8, 4) is 6.07 Å². The summed E-state index contributed by atoms with van der Waals surface area (Å²) in [6.45, 7) is 4.68. The lowest BCUT2D eigenvalue weighted by molar-refractivity contribution is 0.0526. The zero-order valence-electron chi connectivity index (χ0n) is 14.9. The van der Waals surface area contributed by atoms with Crippen molar-refractivity contribution >= 4 is 33.4 Å². The molecule has 0 fully saturated rings. The van der Waals surface area contributed by atoms with E-state index in [1.54, 1.807) is 43.3 Å². The molecule has 0 saturated heterocycles. The van der Waals surface area contributed by atoms with E-state index in [0.29, 0.717) is 34.6 Å². The Morgan fingerprint density at radius 1 is 1.15 bits per heavy atom. The summed E-state index contributed by atoms with van der Waals surface area (Å²) in [6.07, 6.45) is 0. The molecule has 0 aliphatic heterocycles. The molecule has 0 bridgehead atoms. The highest BCUT2D eigenvalue weighted by atomic mass is 32.1. The third kappa shape index (κ3) is 3.81. The summed E-state index contributed by atoms with van der Waals surface area (Å²) < 4.78 is 7.82. The molecule has 136 valence electrons. The van der Waals surface area contributed by atoms with Crippen LogP contribution in [0.1, 0.15) is 40.1 Å². The maximum absolute atomic E-state index is 12.5. The molecular formula is C20H17N3O3S. The lowest BCUT2D eigenvalue weighted by Crippen LogP contribution is -2.15. The number of carbonyl (C=O) groups excluding carboxylic acids is 2. The Bertz CT molecular complexity index is 1120. The first-order valence-electron chi connectivity index (χ1n) is 8.47. The summed E-state index contributed by atoms with van der Waals surface area (Å²) in [7, 11) is 0. The number of ether oxygens (including phenoxy) is 1. The van der Waals surface area contributed by atoms with Gasteiger partial charge in [-0.2, -0.15) is 10.3 Å². The number of aromatic nitrogens is 1. The SMILES string of the molecule is CCOC(=O)c1ccc2c(c1)sc(=NC(=O)c1ccc(C#N)cc1)n2CC. The molecule has 0 N–H and O–H groups in total. The molecule has 0 radical (unpaired) electrons. The highest BCUT2D eigenvalue weighted by Crippen LogP contribution is 2.20. The average molecular weight is 379 g/mol. The molecule has 0 spiro atoms. The predicted molar refractivity (Wildman–Crippen MR) is 102 cm³/mol. The maximum Gasteiger partial charge on any atom is 0.338 e. The first kappa shape index (κ1) is 18.5. The van der Waals surface area contributed by atoms with Gasteiger partial charge in [0, 0.05) is 12.1 Å². The number of carbonyl (C=O) groups is 2. The number of hydrogen-bond donors (Lipinski definition) is 0. The van der Waals surface area contributed by atoms with E-state index in [1.807, 2.05) is 23.6 Å². The van der Waals surface area contributed by atoms with Crippen LogP contribution in [0, 0.1) is 11.3 Å². The molecule has 6 nitrogen and oxygen atoms in total. The van der Waals surface area contributed by atoms with Crippen molar-refractivity contribution in [2.24, 2.45) is 4.99 Å². The van der Waals surface area contributed by atoms with Crippen LogP contribution < -0.4 is 4.80 Å². The second-order valence-corrected chi connectivity index (χ2v) is 6.65. The Balaban J connectivity index is 2.04. The molecule has 3 aromatic rings. The minimum Gasteiger partial charge on any atom is -0.462 e. The lowest BCUT2D eigenvalue weighted by atomic mass is 10.1. The minimum atomic E-state index is -0.376. The van der Waals surface area contributed by atoms with Gasteiger partial charge < -0.3 is 9.30 Å². The van der Waals surface area contributed by atoms with Gasteiger partial charge in [0.1, 0.15) is 0 Å². The Morgan fingerprint density at radius 3 is 2.48 bits per heavy atom. The molecule has 0 aliphatic carbocycles. The van der Waals surface area contributed by atoms with Crippen molar-refractivity contribution in [3.05, 3.63) is 64.0 Å². The number of esters is 1. The van der Waals surface area contributed by atoms with Crippen LogP contribution in [0.15, 0.2) is 47.5 Å². The summed E-state index contributed by atoms with van der Waals surface area (Å²) in [5, 5.41) is 8.85. The lowest BCUT2D eigenvalue weighted by Gasteiger charge is -2.03.